The van der Waals surface area contributed by atoms with Gasteiger partial charge in [-0.25, -0.2) is 8.42 Å². The Morgan fingerprint density at radius 2 is 1.58 bits per heavy atom. The minimum Gasteiger partial charge on any atom is -0.491 e. The molecular formula is C24H32N2O4S. The first kappa shape index (κ1) is 23.3. The molecule has 0 radical (unpaired) electrons. The van der Waals surface area contributed by atoms with Gasteiger partial charge in [0.05, 0.1) is 11.0 Å². The number of anilines is 1. The van der Waals surface area contributed by atoms with Gasteiger partial charge in [-0.2, -0.15) is 4.31 Å². The van der Waals surface area contributed by atoms with Crippen LogP contribution in [0.25, 0.3) is 0 Å². The number of piperidine rings is 1. The van der Waals surface area contributed by atoms with Crippen LogP contribution in [0.15, 0.2) is 41.3 Å². The predicted octanol–water partition coefficient (Wildman–Crippen LogP) is 4.44. The first-order valence-electron chi connectivity index (χ1n) is 10.7. The first-order chi connectivity index (χ1) is 14.6. The number of hydrogen-bond acceptors (Lipinski definition) is 4. The van der Waals surface area contributed by atoms with Gasteiger partial charge in [-0.1, -0.05) is 17.7 Å². The molecule has 168 valence electrons. The van der Waals surface area contributed by atoms with E-state index in [4.69, 9.17) is 4.74 Å². The first-order valence-corrected chi connectivity index (χ1v) is 12.2. The molecule has 1 saturated heterocycles. The molecule has 0 bridgehead atoms. The van der Waals surface area contributed by atoms with E-state index in [2.05, 4.69) is 5.32 Å². The average Bonchev–Trinajstić information content (AvgIpc) is 2.68. The van der Waals surface area contributed by atoms with Crippen molar-refractivity contribution in [3.05, 3.63) is 53.1 Å². The molecule has 0 spiro atoms. The highest BCUT2D eigenvalue weighted by molar-refractivity contribution is 7.89. The number of hydrogen-bond donors (Lipinski definition) is 1. The van der Waals surface area contributed by atoms with Gasteiger partial charge in [-0.3, -0.25) is 4.79 Å². The van der Waals surface area contributed by atoms with Crippen LogP contribution in [0.5, 0.6) is 5.75 Å². The smallest absolute Gasteiger partial charge is 0.243 e. The van der Waals surface area contributed by atoms with Gasteiger partial charge in [0.1, 0.15) is 5.75 Å². The molecule has 0 aliphatic carbocycles. The van der Waals surface area contributed by atoms with Crippen molar-refractivity contribution < 1.29 is 17.9 Å². The Hall–Kier alpha value is -2.38. The fourth-order valence-corrected chi connectivity index (χ4v) is 6.08. The number of rotatable bonds is 6. The number of nitrogens with one attached hydrogen (secondary N) is 1. The molecule has 1 N–H and O–H groups in total. The van der Waals surface area contributed by atoms with Crippen LogP contribution in [0, 0.1) is 26.7 Å². The molecule has 1 amide bonds. The van der Waals surface area contributed by atoms with Crippen LogP contribution >= 0.6 is 0 Å². The van der Waals surface area contributed by atoms with Crippen molar-refractivity contribution in [1.82, 2.24) is 4.31 Å². The largest absolute Gasteiger partial charge is 0.491 e. The Bertz CT molecular complexity index is 1010. The number of ether oxygens (including phenoxy) is 1. The van der Waals surface area contributed by atoms with Gasteiger partial charge >= 0.3 is 0 Å². The molecule has 3 rings (SSSR count). The van der Waals surface area contributed by atoms with Gasteiger partial charge in [-0.15, -0.1) is 0 Å². The second-order valence-electron chi connectivity index (χ2n) is 8.59. The zero-order valence-electron chi connectivity index (χ0n) is 18.9. The lowest BCUT2D eigenvalue weighted by Crippen LogP contribution is -2.41. The summed E-state index contributed by atoms with van der Waals surface area (Å²) in [6, 6.07) is 11.1. The van der Waals surface area contributed by atoms with Gasteiger partial charge in [-0.05, 0) is 82.9 Å². The molecule has 0 atom stereocenters. The van der Waals surface area contributed by atoms with Gasteiger partial charge in [0, 0.05) is 24.7 Å². The third-order valence-corrected chi connectivity index (χ3v) is 7.73. The predicted molar refractivity (Wildman–Crippen MR) is 123 cm³/mol. The van der Waals surface area contributed by atoms with Crippen molar-refractivity contribution in [1.29, 1.82) is 0 Å². The minimum atomic E-state index is -3.58. The molecule has 0 aromatic heterocycles. The lowest BCUT2D eigenvalue weighted by Gasteiger charge is -2.31. The summed E-state index contributed by atoms with van der Waals surface area (Å²) in [4.78, 5) is 13.1. The summed E-state index contributed by atoms with van der Waals surface area (Å²) in [5.74, 6) is 0.476. The van der Waals surface area contributed by atoms with E-state index >= 15 is 0 Å². The molecule has 0 unspecified atom stereocenters. The summed E-state index contributed by atoms with van der Waals surface area (Å²) in [5.41, 5.74) is 3.29. The third kappa shape index (κ3) is 5.46. The highest BCUT2D eigenvalue weighted by Gasteiger charge is 2.33. The molecule has 0 saturated carbocycles. The zero-order valence-corrected chi connectivity index (χ0v) is 19.8. The van der Waals surface area contributed by atoms with E-state index in [0.717, 1.165) is 22.4 Å². The summed E-state index contributed by atoms with van der Waals surface area (Å²) >= 11 is 0. The molecule has 1 aliphatic rings. The lowest BCUT2D eigenvalue weighted by atomic mass is 9.97. The topological polar surface area (TPSA) is 75.7 Å². The lowest BCUT2D eigenvalue weighted by molar-refractivity contribution is -0.120. The van der Waals surface area contributed by atoms with Crippen molar-refractivity contribution in [2.45, 2.75) is 58.5 Å². The number of aryl methyl sites for hydroxylation is 3. The summed E-state index contributed by atoms with van der Waals surface area (Å²) < 4.78 is 33.6. The van der Waals surface area contributed by atoms with Crippen LogP contribution < -0.4 is 10.1 Å². The quantitative estimate of drug-likeness (QED) is 0.715. The maximum atomic E-state index is 13.2. The molecule has 2 aromatic carbocycles. The monoisotopic (exact) mass is 444 g/mol. The highest BCUT2D eigenvalue weighted by Crippen LogP contribution is 2.29. The fourth-order valence-electron chi connectivity index (χ4n) is 4.19. The van der Waals surface area contributed by atoms with Crippen molar-refractivity contribution >= 4 is 21.6 Å². The Labute approximate surface area is 185 Å². The molecule has 2 aromatic rings. The molecule has 7 heteroatoms. The maximum absolute atomic E-state index is 13.2. The molecule has 6 nitrogen and oxygen atoms in total. The summed E-state index contributed by atoms with van der Waals surface area (Å²) in [7, 11) is -3.58. The van der Waals surface area contributed by atoms with Crippen LogP contribution in [0.2, 0.25) is 0 Å². The zero-order chi connectivity index (χ0) is 22.8. The van der Waals surface area contributed by atoms with Gasteiger partial charge in [0.25, 0.3) is 0 Å². The Kier molecular flexibility index (Phi) is 7.06. The van der Waals surface area contributed by atoms with Gasteiger partial charge in [0.2, 0.25) is 15.9 Å². The summed E-state index contributed by atoms with van der Waals surface area (Å²) in [5, 5.41) is 2.94. The average molecular weight is 445 g/mol. The second kappa shape index (κ2) is 9.40. The van der Waals surface area contributed by atoms with E-state index < -0.39 is 10.0 Å². The number of benzene rings is 2. The van der Waals surface area contributed by atoms with E-state index in [1.807, 2.05) is 71.0 Å². The summed E-state index contributed by atoms with van der Waals surface area (Å²) in [6.07, 6.45) is 1.10. The van der Waals surface area contributed by atoms with Crippen LogP contribution in [0.4, 0.5) is 5.69 Å². The maximum Gasteiger partial charge on any atom is 0.243 e. The van der Waals surface area contributed by atoms with Crippen LogP contribution in [-0.4, -0.2) is 37.8 Å². The van der Waals surface area contributed by atoms with E-state index in [9.17, 15) is 13.2 Å². The molecule has 1 fully saturated rings. The number of carbonyl (C=O) groups excluding carboxylic acids is 1. The van der Waals surface area contributed by atoms with E-state index in [1.165, 1.54) is 4.31 Å². The third-order valence-electron chi connectivity index (χ3n) is 5.52. The minimum absolute atomic E-state index is 0.0720. The normalized spacial score (nSPS) is 15.8. The number of sulfonamides is 1. The standard InChI is InChI=1S/C24H32N2O4S/c1-16(2)30-22-8-6-21(7-9-22)25-24(27)20-10-12-26(13-11-20)31(28,29)23-18(4)14-17(3)15-19(23)5/h6-9,14-16,20H,10-13H2,1-5H3,(H,25,27). The number of carbonyl (C=O) groups is 1. The van der Waals surface area contributed by atoms with Crippen molar-refractivity contribution in [3.63, 3.8) is 0 Å². The molecular weight excluding hydrogens is 412 g/mol. The fraction of sp³-hybridized carbons (Fsp3) is 0.458. The highest BCUT2D eigenvalue weighted by atomic mass is 32.2. The van der Waals surface area contributed by atoms with Crippen molar-refractivity contribution in [2.75, 3.05) is 18.4 Å². The van der Waals surface area contributed by atoms with Crippen molar-refractivity contribution in [2.24, 2.45) is 5.92 Å². The number of nitrogens with zero attached hydrogens (tertiary/aromatic N) is 1. The van der Waals surface area contributed by atoms with Gasteiger partial charge in [0.15, 0.2) is 0 Å². The Morgan fingerprint density at radius 1 is 1.03 bits per heavy atom. The van der Waals surface area contributed by atoms with Gasteiger partial charge < -0.3 is 10.1 Å². The Balaban J connectivity index is 1.62. The van der Waals surface area contributed by atoms with Crippen LogP contribution in [-0.2, 0) is 14.8 Å². The number of amides is 1. The van der Waals surface area contributed by atoms with Crippen LogP contribution in [0.1, 0.15) is 43.4 Å². The molecule has 1 heterocycles. The second-order valence-corrected chi connectivity index (χ2v) is 10.5. The van der Waals surface area contributed by atoms with E-state index in [-0.39, 0.29) is 17.9 Å². The summed E-state index contributed by atoms with van der Waals surface area (Å²) in [6.45, 7) is 10.2. The van der Waals surface area contributed by atoms with Crippen molar-refractivity contribution in [3.8, 4) is 5.75 Å². The van der Waals surface area contributed by atoms with Crippen LogP contribution in [0.3, 0.4) is 0 Å². The van der Waals surface area contributed by atoms with E-state index in [1.54, 1.807) is 0 Å². The molecule has 31 heavy (non-hydrogen) atoms. The SMILES string of the molecule is Cc1cc(C)c(S(=O)(=O)N2CCC(C(=O)Nc3ccc(OC(C)C)cc3)CC2)c(C)c1. The molecule has 1 aliphatic heterocycles. The van der Waals surface area contributed by atoms with E-state index in [0.29, 0.717) is 36.5 Å². The Morgan fingerprint density at radius 3 is 2.10 bits per heavy atom.